The number of rotatable bonds is 13. The molecule has 1 fully saturated rings. The van der Waals surface area contributed by atoms with E-state index in [2.05, 4.69) is 54.8 Å². The van der Waals surface area contributed by atoms with Gasteiger partial charge in [0.2, 0.25) is 0 Å². The van der Waals surface area contributed by atoms with Crippen LogP contribution in [0.3, 0.4) is 0 Å². The summed E-state index contributed by atoms with van der Waals surface area (Å²) in [6.07, 6.45) is 6.73. The van der Waals surface area contributed by atoms with Crippen molar-refractivity contribution in [1.82, 2.24) is 4.72 Å². The standard InChI is InChI=1S/C30H43FN2O3S/c1-22(16-18-34)8-4-5-9-23-12-14-24(15-13-23)20-25-21-37-33-29(36-30(25,2)3)32-28(17-19-35)26-10-6-7-11-27(26)31/h6-7,10-15,22,25,28,34-35H,4-5,8-9,16-21H2,1-3H3,(H,32,33)/t22?,25?,28-/m0/s1. The van der Waals surface area contributed by atoms with Gasteiger partial charge in [-0.3, -0.25) is 4.72 Å². The summed E-state index contributed by atoms with van der Waals surface area (Å²) in [5.41, 5.74) is 2.63. The Balaban J connectivity index is 1.59. The third-order valence-corrected chi connectivity index (χ3v) is 8.15. The highest BCUT2D eigenvalue weighted by Crippen LogP contribution is 2.32. The van der Waals surface area contributed by atoms with Crippen LogP contribution in [0.2, 0.25) is 0 Å². The molecular weight excluding hydrogens is 487 g/mol. The predicted octanol–water partition coefficient (Wildman–Crippen LogP) is 6.24. The molecule has 1 aliphatic heterocycles. The molecule has 0 aliphatic carbocycles. The fraction of sp³-hybridized carbons (Fsp3) is 0.567. The summed E-state index contributed by atoms with van der Waals surface area (Å²) in [5.74, 6) is 1.37. The molecular formula is C30H43FN2O3S. The maximum atomic E-state index is 14.4. The summed E-state index contributed by atoms with van der Waals surface area (Å²) >= 11 is 1.56. The van der Waals surface area contributed by atoms with Gasteiger partial charge in [-0.05, 0) is 81.0 Å². The molecule has 7 heteroatoms. The van der Waals surface area contributed by atoms with Crippen LogP contribution in [0.15, 0.2) is 53.5 Å². The van der Waals surface area contributed by atoms with E-state index in [0.29, 0.717) is 23.9 Å². The highest BCUT2D eigenvalue weighted by atomic mass is 32.2. The monoisotopic (exact) mass is 530 g/mol. The van der Waals surface area contributed by atoms with E-state index < -0.39 is 11.6 Å². The molecule has 3 rings (SSSR count). The van der Waals surface area contributed by atoms with Gasteiger partial charge in [-0.1, -0.05) is 62.2 Å². The third kappa shape index (κ3) is 9.31. The molecule has 1 heterocycles. The number of amidine groups is 1. The fourth-order valence-corrected chi connectivity index (χ4v) is 5.75. The molecule has 0 saturated carbocycles. The van der Waals surface area contributed by atoms with Gasteiger partial charge in [-0.25, -0.2) is 9.38 Å². The highest BCUT2D eigenvalue weighted by molar-refractivity contribution is 7.97. The predicted molar refractivity (Wildman–Crippen MR) is 151 cm³/mol. The lowest BCUT2D eigenvalue weighted by molar-refractivity contribution is 0.0401. The second kappa shape index (κ2) is 14.7. The Labute approximate surface area is 226 Å². The molecule has 0 aromatic heterocycles. The zero-order chi connectivity index (χ0) is 26.7. The summed E-state index contributed by atoms with van der Waals surface area (Å²) < 4.78 is 24.0. The third-order valence-electron chi connectivity index (χ3n) is 7.27. The topological polar surface area (TPSA) is 74.1 Å². The van der Waals surface area contributed by atoms with Gasteiger partial charge in [0.1, 0.15) is 11.4 Å². The van der Waals surface area contributed by atoms with E-state index in [0.717, 1.165) is 25.0 Å². The first kappa shape index (κ1) is 29.5. The van der Waals surface area contributed by atoms with Crippen LogP contribution in [0.1, 0.15) is 75.6 Å². The zero-order valence-electron chi connectivity index (χ0n) is 22.5. The van der Waals surface area contributed by atoms with Gasteiger partial charge in [0.15, 0.2) is 0 Å². The number of halogens is 1. The molecule has 0 spiro atoms. The number of aliphatic hydroxyl groups excluding tert-OH is 2. The largest absolute Gasteiger partial charge is 0.458 e. The fourth-order valence-electron chi connectivity index (χ4n) is 4.73. The minimum absolute atomic E-state index is 0.0895. The van der Waals surface area contributed by atoms with Crippen LogP contribution >= 0.6 is 11.9 Å². The average Bonchev–Trinajstić information content (AvgIpc) is 3.00. The molecule has 0 bridgehead atoms. The minimum Gasteiger partial charge on any atom is -0.458 e. The van der Waals surface area contributed by atoms with Crippen LogP contribution in [0.4, 0.5) is 4.39 Å². The molecule has 0 amide bonds. The second-order valence-corrected chi connectivity index (χ2v) is 11.5. The van der Waals surface area contributed by atoms with Crippen LogP contribution in [-0.4, -0.2) is 40.8 Å². The molecule has 2 unspecified atom stereocenters. The Hall–Kier alpha value is -2.09. The van der Waals surface area contributed by atoms with E-state index in [1.807, 2.05) is 0 Å². The number of unbranched alkanes of at least 4 members (excludes halogenated alkanes) is 1. The maximum Gasteiger partial charge on any atom is 0.296 e. The molecule has 204 valence electrons. The van der Waals surface area contributed by atoms with Crippen molar-refractivity contribution in [2.24, 2.45) is 16.8 Å². The van der Waals surface area contributed by atoms with Crippen LogP contribution in [0.5, 0.6) is 0 Å². The first-order valence-electron chi connectivity index (χ1n) is 13.5. The van der Waals surface area contributed by atoms with Gasteiger partial charge in [0.25, 0.3) is 6.02 Å². The van der Waals surface area contributed by atoms with E-state index in [9.17, 15) is 9.50 Å². The summed E-state index contributed by atoms with van der Waals surface area (Å²) in [6.45, 7) is 6.57. The van der Waals surface area contributed by atoms with Crippen LogP contribution in [0, 0.1) is 17.7 Å². The van der Waals surface area contributed by atoms with Gasteiger partial charge in [0.05, 0.1) is 6.04 Å². The molecule has 2 aromatic rings. The smallest absolute Gasteiger partial charge is 0.296 e. The Morgan fingerprint density at radius 1 is 1.03 bits per heavy atom. The zero-order valence-corrected chi connectivity index (χ0v) is 23.3. The van der Waals surface area contributed by atoms with E-state index in [1.54, 1.807) is 30.1 Å². The first-order valence-corrected chi connectivity index (χ1v) is 14.5. The van der Waals surface area contributed by atoms with Gasteiger partial charge in [-0.2, -0.15) is 0 Å². The average molecular weight is 531 g/mol. The normalized spacial score (nSPS) is 20.1. The number of nitrogens with zero attached hydrogens (tertiary/aromatic N) is 1. The van der Waals surface area contributed by atoms with E-state index in [1.165, 1.54) is 36.5 Å². The van der Waals surface area contributed by atoms with Gasteiger partial charge in [0, 0.05) is 30.4 Å². The Kier molecular flexibility index (Phi) is 11.7. The molecule has 3 atom stereocenters. The number of ether oxygens (including phenoxy) is 1. The Morgan fingerprint density at radius 3 is 2.43 bits per heavy atom. The van der Waals surface area contributed by atoms with Crippen molar-refractivity contribution in [3.05, 3.63) is 71.0 Å². The number of aryl methyl sites for hydroxylation is 1. The van der Waals surface area contributed by atoms with Crippen molar-refractivity contribution in [3.63, 3.8) is 0 Å². The lowest BCUT2D eigenvalue weighted by atomic mass is 9.86. The minimum atomic E-state index is -0.521. The number of benzene rings is 2. The summed E-state index contributed by atoms with van der Waals surface area (Å²) in [4.78, 5) is 4.67. The summed E-state index contributed by atoms with van der Waals surface area (Å²) in [5, 5.41) is 18.6. The Morgan fingerprint density at radius 2 is 1.73 bits per heavy atom. The molecule has 0 radical (unpaired) electrons. The first-order chi connectivity index (χ1) is 17.8. The number of hydrogen-bond acceptors (Lipinski definition) is 5. The molecule has 3 N–H and O–H groups in total. The van der Waals surface area contributed by atoms with E-state index in [-0.39, 0.29) is 24.9 Å². The molecule has 5 nitrogen and oxygen atoms in total. The van der Waals surface area contributed by atoms with Crippen LogP contribution in [0.25, 0.3) is 0 Å². The summed E-state index contributed by atoms with van der Waals surface area (Å²) in [7, 11) is 0. The number of nitrogens with one attached hydrogen (secondary N) is 1. The quantitative estimate of drug-likeness (QED) is 0.211. The van der Waals surface area contributed by atoms with Gasteiger partial charge < -0.3 is 14.9 Å². The van der Waals surface area contributed by atoms with E-state index >= 15 is 0 Å². The van der Waals surface area contributed by atoms with Crippen molar-refractivity contribution in [3.8, 4) is 0 Å². The Bertz CT molecular complexity index is 983. The van der Waals surface area contributed by atoms with Crippen LogP contribution < -0.4 is 4.72 Å². The van der Waals surface area contributed by atoms with Crippen molar-refractivity contribution < 1.29 is 19.3 Å². The van der Waals surface area contributed by atoms with Gasteiger partial charge in [-0.15, -0.1) is 0 Å². The molecule has 1 aliphatic rings. The number of aliphatic hydroxyl groups is 2. The van der Waals surface area contributed by atoms with Crippen molar-refractivity contribution in [2.75, 3.05) is 19.0 Å². The van der Waals surface area contributed by atoms with E-state index in [4.69, 9.17) is 9.84 Å². The lowest BCUT2D eigenvalue weighted by Crippen LogP contribution is -2.38. The number of aliphatic imine (C=N–C) groups is 1. The molecule has 37 heavy (non-hydrogen) atoms. The van der Waals surface area contributed by atoms with Crippen molar-refractivity contribution in [2.45, 2.75) is 77.4 Å². The van der Waals surface area contributed by atoms with Crippen molar-refractivity contribution in [1.29, 1.82) is 0 Å². The van der Waals surface area contributed by atoms with Gasteiger partial charge >= 0.3 is 0 Å². The second-order valence-electron chi connectivity index (χ2n) is 10.7. The maximum absolute atomic E-state index is 14.4. The SMILES string of the molecule is CC(CCO)CCCCc1ccc(CC2CSNC(=N[C@@H](CCO)c3ccccc3F)OC2(C)C)cc1. The summed E-state index contributed by atoms with van der Waals surface area (Å²) in [6, 6.07) is 15.4. The van der Waals surface area contributed by atoms with Crippen molar-refractivity contribution >= 4 is 18.0 Å². The number of hydrogen-bond donors (Lipinski definition) is 3. The highest BCUT2D eigenvalue weighted by Gasteiger charge is 2.36. The lowest BCUT2D eigenvalue weighted by Gasteiger charge is -2.32. The molecule has 2 aromatic carbocycles. The molecule has 1 saturated heterocycles. The van der Waals surface area contributed by atoms with Crippen LogP contribution in [-0.2, 0) is 17.6 Å².